The van der Waals surface area contributed by atoms with Gasteiger partial charge < -0.3 is 5.32 Å². The molecule has 84 valence electrons. The first-order chi connectivity index (χ1) is 7.09. The molecule has 0 saturated carbocycles. The molecular weight excluding hydrogens is 194 g/mol. The molecule has 2 N–H and O–H groups in total. The largest absolute Gasteiger partial charge is 0.346 e. The topological polar surface area (TPSA) is 74.8 Å². The molecule has 0 saturated heterocycles. The highest BCUT2D eigenvalue weighted by Gasteiger charge is 2.06. The van der Waals surface area contributed by atoms with Crippen molar-refractivity contribution in [2.24, 2.45) is 5.92 Å². The van der Waals surface area contributed by atoms with Gasteiger partial charge in [-0.3, -0.25) is 9.78 Å². The maximum Gasteiger partial charge on any atom is 0.346 e. The van der Waals surface area contributed by atoms with Crippen LogP contribution in [0.1, 0.15) is 27.7 Å². The van der Waals surface area contributed by atoms with Crippen LogP contribution >= 0.6 is 0 Å². The van der Waals surface area contributed by atoms with Crippen LogP contribution in [0.5, 0.6) is 0 Å². The summed E-state index contributed by atoms with van der Waals surface area (Å²) in [7, 11) is 0. The molecule has 0 unspecified atom stereocenters. The molecule has 1 heterocycles. The van der Waals surface area contributed by atoms with E-state index in [2.05, 4.69) is 15.3 Å². The van der Waals surface area contributed by atoms with E-state index in [1.807, 2.05) is 13.8 Å². The molecule has 5 nitrogen and oxygen atoms in total. The Morgan fingerprint density at radius 3 is 2.53 bits per heavy atom. The maximum absolute atomic E-state index is 11.2. The van der Waals surface area contributed by atoms with Gasteiger partial charge in [-0.05, 0) is 6.07 Å². The van der Waals surface area contributed by atoms with E-state index in [0.29, 0.717) is 5.82 Å². The monoisotopic (exact) mass is 211 g/mol. The number of aromatic amines is 1. The van der Waals surface area contributed by atoms with Gasteiger partial charge in [-0.25, -0.2) is 9.78 Å². The molecule has 0 aliphatic rings. The zero-order valence-electron chi connectivity index (χ0n) is 9.50. The SMILES string of the molecule is CC.CC(C)C(=O)Nc1ccnc(=O)[nH]1. The van der Waals surface area contributed by atoms with Crippen LogP contribution in [0.3, 0.4) is 0 Å². The highest BCUT2D eigenvalue weighted by Crippen LogP contribution is 2.00. The number of H-pyrrole nitrogens is 1. The van der Waals surface area contributed by atoms with Gasteiger partial charge in [0.15, 0.2) is 0 Å². The predicted octanol–water partition coefficient (Wildman–Crippen LogP) is 1.39. The minimum absolute atomic E-state index is 0.114. The molecule has 1 rings (SSSR count). The van der Waals surface area contributed by atoms with Gasteiger partial charge in [0.2, 0.25) is 5.91 Å². The lowest BCUT2D eigenvalue weighted by Crippen LogP contribution is -2.21. The molecule has 0 aliphatic heterocycles. The van der Waals surface area contributed by atoms with Crippen LogP contribution in [0.2, 0.25) is 0 Å². The van der Waals surface area contributed by atoms with Crippen molar-refractivity contribution in [1.82, 2.24) is 9.97 Å². The summed E-state index contributed by atoms with van der Waals surface area (Å²) in [5.74, 6) is 0.122. The summed E-state index contributed by atoms with van der Waals surface area (Å²) >= 11 is 0. The normalized spacial score (nSPS) is 9.13. The fourth-order valence-corrected chi connectivity index (χ4v) is 0.719. The number of anilines is 1. The minimum Gasteiger partial charge on any atom is -0.312 e. The average Bonchev–Trinajstić information content (AvgIpc) is 2.20. The number of nitrogens with zero attached hydrogens (tertiary/aromatic N) is 1. The Kier molecular flexibility index (Phi) is 6.01. The molecule has 5 heteroatoms. The van der Waals surface area contributed by atoms with Crippen LogP contribution in [0.15, 0.2) is 17.1 Å². The lowest BCUT2D eigenvalue weighted by atomic mass is 10.2. The highest BCUT2D eigenvalue weighted by atomic mass is 16.2. The summed E-state index contributed by atoms with van der Waals surface area (Å²) in [5.41, 5.74) is -0.471. The Balaban J connectivity index is 0.000000921. The lowest BCUT2D eigenvalue weighted by molar-refractivity contribution is -0.118. The van der Waals surface area contributed by atoms with Gasteiger partial charge in [-0.2, -0.15) is 0 Å². The van der Waals surface area contributed by atoms with Crippen LogP contribution in [0, 0.1) is 5.92 Å². The number of nitrogens with one attached hydrogen (secondary N) is 2. The number of hydrogen-bond donors (Lipinski definition) is 2. The molecule has 1 aromatic rings. The van der Waals surface area contributed by atoms with Gasteiger partial charge >= 0.3 is 5.69 Å². The van der Waals surface area contributed by atoms with Crippen molar-refractivity contribution in [2.75, 3.05) is 5.32 Å². The molecular formula is C10H17N3O2. The van der Waals surface area contributed by atoms with Crippen molar-refractivity contribution in [3.05, 3.63) is 22.7 Å². The van der Waals surface area contributed by atoms with E-state index in [-0.39, 0.29) is 11.8 Å². The zero-order valence-corrected chi connectivity index (χ0v) is 9.50. The number of amides is 1. The van der Waals surface area contributed by atoms with Gasteiger partial charge in [-0.15, -0.1) is 0 Å². The molecule has 15 heavy (non-hydrogen) atoms. The molecule has 0 radical (unpaired) electrons. The van der Waals surface area contributed by atoms with Crippen LogP contribution in [-0.2, 0) is 4.79 Å². The fourth-order valence-electron chi connectivity index (χ4n) is 0.719. The smallest absolute Gasteiger partial charge is 0.312 e. The Morgan fingerprint density at radius 1 is 1.47 bits per heavy atom. The first-order valence-corrected chi connectivity index (χ1v) is 4.96. The second-order valence-electron chi connectivity index (χ2n) is 2.93. The second kappa shape index (κ2) is 6.75. The Morgan fingerprint density at radius 2 is 2.07 bits per heavy atom. The van der Waals surface area contributed by atoms with Crippen LogP contribution in [0.4, 0.5) is 5.82 Å². The molecule has 0 aliphatic carbocycles. The van der Waals surface area contributed by atoms with Gasteiger partial charge in [0.25, 0.3) is 0 Å². The van der Waals surface area contributed by atoms with E-state index in [1.54, 1.807) is 13.8 Å². The molecule has 0 atom stereocenters. The summed E-state index contributed by atoms with van der Waals surface area (Å²) in [6.07, 6.45) is 1.34. The van der Waals surface area contributed by atoms with E-state index in [0.717, 1.165) is 0 Å². The lowest BCUT2D eigenvalue weighted by Gasteiger charge is -2.05. The Labute approximate surface area is 88.9 Å². The molecule has 1 amide bonds. The predicted molar refractivity (Wildman–Crippen MR) is 59.7 cm³/mol. The first-order valence-electron chi connectivity index (χ1n) is 4.96. The Hall–Kier alpha value is -1.65. The highest BCUT2D eigenvalue weighted by molar-refractivity contribution is 5.90. The third-order valence-corrected chi connectivity index (χ3v) is 1.46. The number of aromatic nitrogens is 2. The summed E-state index contributed by atoms with van der Waals surface area (Å²) in [4.78, 5) is 27.7. The summed E-state index contributed by atoms with van der Waals surface area (Å²) in [6, 6.07) is 1.53. The molecule has 0 bridgehead atoms. The van der Waals surface area contributed by atoms with Crippen molar-refractivity contribution in [1.29, 1.82) is 0 Å². The number of carbonyl (C=O) groups is 1. The maximum atomic E-state index is 11.2. The van der Waals surface area contributed by atoms with Crippen LogP contribution < -0.4 is 11.0 Å². The van der Waals surface area contributed by atoms with Crippen molar-refractivity contribution in [3.8, 4) is 0 Å². The molecule has 1 aromatic heterocycles. The van der Waals surface area contributed by atoms with Crippen molar-refractivity contribution in [3.63, 3.8) is 0 Å². The number of hydrogen-bond acceptors (Lipinski definition) is 3. The van der Waals surface area contributed by atoms with Crippen molar-refractivity contribution >= 4 is 11.7 Å². The van der Waals surface area contributed by atoms with E-state index in [1.165, 1.54) is 12.3 Å². The van der Waals surface area contributed by atoms with Crippen molar-refractivity contribution in [2.45, 2.75) is 27.7 Å². The average molecular weight is 211 g/mol. The Bertz CT molecular complexity index is 358. The summed E-state index contributed by atoms with van der Waals surface area (Å²) in [5, 5.41) is 2.55. The fraction of sp³-hybridized carbons (Fsp3) is 0.500. The summed E-state index contributed by atoms with van der Waals surface area (Å²) < 4.78 is 0. The summed E-state index contributed by atoms with van der Waals surface area (Å²) in [6.45, 7) is 7.54. The van der Waals surface area contributed by atoms with E-state index >= 15 is 0 Å². The third-order valence-electron chi connectivity index (χ3n) is 1.46. The van der Waals surface area contributed by atoms with E-state index < -0.39 is 5.69 Å². The minimum atomic E-state index is -0.471. The molecule has 0 aromatic carbocycles. The zero-order chi connectivity index (χ0) is 11.8. The molecule has 0 spiro atoms. The van der Waals surface area contributed by atoms with Gasteiger partial charge in [0.1, 0.15) is 5.82 Å². The van der Waals surface area contributed by atoms with E-state index in [4.69, 9.17) is 0 Å². The van der Waals surface area contributed by atoms with Crippen LogP contribution in [-0.4, -0.2) is 15.9 Å². The van der Waals surface area contributed by atoms with Crippen molar-refractivity contribution < 1.29 is 4.79 Å². The van der Waals surface area contributed by atoms with Crippen LogP contribution in [0.25, 0.3) is 0 Å². The second-order valence-corrected chi connectivity index (χ2v) is 2.93. The number of rotatable bonds is 2. The number of carbonyl (C=O) groups excluding carboxylic acids is 1. The third kappa shape index (κ3) is 4.95. The van der Waals surface area contributed by atoms with E-state index in [9.17, 15) is 9.59 Å². The van der Waals surface area contributed by atoms with Gasteiger partial charge in [-0.1, -0.05) is 27.7 Å². The van der Waals surface area contributed by atoms with Gasteiger partial charge in [0.05, 0.1) is 0 Å². The van der Waals surface area contributed by atoms with Gasteiger partial charge in [0, 0.05) is 12.1 Å². The molecule has 0 fully saturated rings. The first kappa shape index (κ1) is 13.4. The standard InChI is InChI=1S/C8H11N3O2.C2H6/c1-5(2)7(12)10-6-3-4-9-8(13)11-6;1-2/h3-5H,1-2H3,(H2,9,10,11,12,13);1-2H3. The quantitative estimate of drug-likeness (QED) is 0.776.